The van der Waals surface area contributed by atoms with Crippen molar-refractivity contribution in [1.82, 2.24) is 0 Å². The van der Waals surface area contributed by atoms with Gasteiger partial charge < -0.3 is 15.2 Å². The lowest BCUT2D eigenvalue weighted by Crippen LogP contribution is -2.23. The van der Waals surface area contributed by atoms with Gasteiger partial charge in [0.1, 0.15) is 6.10 Å². The first kappa shape index (κ1) is 14.1. The molecular formula is C16H23NO2S. The fourth-order valence-electron chi connectivity index (χ4n) is 2.83. The van der Waals surface area contributed by atoms with Crippen LogP contribution in [0.2, 0.25) is 0 Å². The number of ether oxygens (including phenoxy) is 2. The maximum absolute atomic E-state index is 6.21. The van der Waals surface area contributed by atoms with E-state index in [2.05, 4.69) is 12.1 Å². The Morgan fingerprint density at radius 3 is 2.60 bits per heavy atom. The molecule has 1 saturated carbocycles. The molecule has 3 nitrogen and oxygen atoms in total. The van der Waals surface area contributed by atoms with E-state index in [4.69, 9.17) is 15.2 Å². The van der Waals surface area contributed by atoms with Crippen molar-refractivity contribution in [3.05, 3.63) is 23.8 Å². The molecule has 0 bridgehead atoms. The second-order valence-corrected chi connectivity index (χ2v) is 7.00. The van der Waals surface area contributed by atoms with Crippen molar-refractivity contribution in [3.8, 4) is 11.5 Å². The second kappa shape index (κ2) is 5.86. The molecule has 0 amide bonds. The van der Waals surface area contributed by atoms with Crippen molar-refractivity contribution in [1.29, 1.82) is 0 Å². The third kappa shape index (κ3) is 2.77. The molecular weight excluding hydrogens is 270 g/mol. The van der Waals surface area contributed by atoms with E-state index in [0.717, 1.165) is 30.9 Å². The van der Waals surface area contributed by atoms with Crippen LogP contribution in [-0.4, -0.2) is 31.3 Å². The van der Waals surface area contributed by atoms with E-state index in [9.17, 15) is 0 Å². The first-order valence-electron chi connectivity index (χ1n) is 7.40. The molecule has 0 atom stereocenters. The van der Waals surface area contributed by atoms with Gasteiger partial charge in [-0.3, -0.25) is 0 Å². The van der Waals surface area contributed by atoms with Crippen molar-refractivity contribution in [2.24, 2.45) is 5.73 Å². The van der Waals surface area contributed by atoms with Crippen LogP contribution in [0.25, 0.3) is 0 Å². The molecule has 20 heavy (non-hydrogen) atoms. The zero-order chi connectivity index (χ0) is 14.0. The van der Waals surface area contributed by atoms with Gasteiger partial charge in [-0.05, 0) is 54.9 Å². The standard InChI is InChI=1S/C16H23NO2S/c1-18-14-3-2-12(16(11-17)6-7-16)10-15(14)19-13-4-8-20-9-5-13/h2-3,10,13H,4-9,11,17H2,1H3. The summed E-state index contributed by atoms with van der Waals surface area (Å²) in [5.41, 5.74) is 7.44. The number of rotatable bonds is 5. The van der Waals surface area contributed by atoms with Gasteiger partial charge >= 0.3 is 0 Å². The second-order valence-electron chi connectivity index (χ2n) is 5.78. The molecule has 3 rings (SSSR count). The van der Waals surface area contributed by atoms with E-state index in [0.29, 0.717) is 6.10 Å². The van der Waals surface area contributed by atoms with Crippen LogP contribution in [0.15, 0.2) is 18.2 Å². The van der Waals surface area contributed by atoms with E-state index in [1.807, 2.05) is 17.8 Å². The minimum absolute atomic E-state index is 0.201. The third-order valence-electron chi connectivity index (χ3n) is 4.48. The largest absolute Gasteiger partial charge is 0.493 e. The van der Waals surface area contributed by atoms with Gasteiger partial charge in [0.15, 0.2) is 11.5 Å². The Kier molecular flexibility index (Phi) is 4.13. The first-order chi connectivity index (χ1) is 9.77. The average Bonchev–Trinajstić information content (AvgIpc) is 3.29. The minimum atomic E-state index is 0.201. The molecule has 0 spiro atoms. The van der Waals surface area contributed by atoms with Gasteiger partial charge in [-0.1, -0.05) is 6.07 Å². The Hall–Kier alpha value is -0.870. The van der Waals surface area contributed by atoms with Crippen molar-refractivity contribution in [2.75, 3.05) is 25.2 Å². The summed E-state index contributed by atoms with van der Waals surface area (Å²) in [6.45, 7) is 0.721. The predicted octanol–water partition coefficient (Wildman–Crippen LogP) is 2.96. The number of thioether (sulfide) groups is 1. The van der Waals surface area contributed by atoms with Crippen LogP contribution in [0.5, 0.6) is 11.5 Å². The number of hydrogen-bond donors (Lipinski definition) is 1. The number of benzene rings is 1. The topological polar surface area (TPSA) is 44.5 Å². The van der Waals surface area contributed by atoms with E-state index >= 15 is 0 Å². The summed E-state index contributed by atoms with van der Waals surface area (Å²) < 4.78 is 11.7. The molecule has 1 aromatic rings. The van der Waals surface area contributed by atoms with Gasteiger partial charge in [0.05, 0.1) is 7.11 Å². The summed E-state index contributed by atoms with van der Waals surface area (Å²) in [6, 6.07) is 6.32. The fourth-order valence-corrected chi connectivity index (χ4v) is 3.90. The van der Waals surface area contributed by atoms with Crippen molar-refractivity contribution in [2.45, 2.75) is 37.2 Å². The van der Waals surface area contributed by atoms with Crippen molar-refractivity contribution < 1.29 is 9.47 Å². The van der Waals surface area contributed by atoms with Crippen LogP contribution >= 0.6 is 11.8 Å². The van der Waals surface area contributed by atoms with Crippen LogP contribution in [0, 0.1) is 0 Å². The molecule has 1 aliphatic carbocycles. The van der Waals surface area contributed by atoms with Gasteiger partial charge in [0.2, 0.25) is 0 Å². The highest BCUT2D eigenvalue weighted by Crippen LogP contribution is 2.49. The van der Waals surface area contributed by atoms with Gasteiger partial charge in [-0.25, -0.2) is 0 Å². The normalized spacial score (nSPS) is 21.5. The maximum atomic E-state index is 6.21. The fraction of sp³-hybridized carbons (Fsp3) is 0.625. The van der Waals surface area contributed by atoms with E-state index in [1.165, 1.54) is 29.9 Å². The van der Waals surface area contributed by atoms with Crippen molar-refractivity contribution in [3.63, 3.8) is 0 Å². The molecule has 4 heteroatoms. The smallest absolute Gasteiger partial charge is 0.161 e. The monoisotopic (exact) mass is 293 g/mol. The molecule has 110 valence electrons. The maximum Gasteiger partial charge on any atom is 0.161 e. The molecule has 0 unspecified atom stereocenters. The minimum Gasteiger partial charge on any atom is -0.493 e. The molecule has 1 aliphatic heterocycles. The van der Waals surface area contributed by atoms with Gasteiger partial charge in [-0.2, -0.15) is 11.8 Å². The number of nitrogens with two attached hydrogens (primary N) is 1. The summed E-state index contributed by atoms with van der Waals surface area (Å²) in [5.74, 6) is 4.11. The van der Waals surface area contributed by atoms with Gasteiger partial charge in [-0.15, -0.1) is 0 Å². The van der Waals surface area contributed by atoms with Crippen LogP contribution < -0.4 is 15.2 Å². The molecule has 0 radical (unpaired) electrons. The quantitative estimate of drug-likeness (QED) is 0.906. The average molecular weight is 293 g/mol. The molecule has 0 aromatic heterocycles. The summed E-state index contributed by atoms with van der Waals surface area (Å²) >= 11 is 2.01. The molecule has 2 N–H and O–H groups in total. The third-order valence-corrected chi connectivity index (χ3v) is 5.53. The van der Waals surface area contributed by atoms with Crippen LogP contribution in [0.1, 0.15) is 31.2 Å². The summed E-state index contributed by atoms with van der Waals surface area (Å²) in [4.78, 5) is 0. The highest BCUT2D eigenvalue weighted by molar-refractivity contribution is 7.99. The molecule has 1 heterocycles. The Labute approximate surface area is 125 Å². The Bertz CT molecular complexity index is 468. The van der Waals surface area contributed by atoms with Crippen molar-refractivity contribution >= 4 is 11.8 Å². The zero-order valence-corrected chi connectivity index (χ0v) is 12.9. The first-order valence-corrected chi connectivity index (χ1v) is 8.56. The Balaban J connectivity index is 1.81. The van der Waals surface area contributed by atoms with E-state index in [1.54, 1.807) is 7.11 Å². The highest BCUT2D eigenvalue weighted by atomic mass is 32.2. The SMILES string of the molecule is COc1ccc(C2(CN)CC2)cc1OC1CCSCC1. The highest BCUT2D eigenvalue weighted by Gasteiger charge is 2.43. The Morgan fingerprint density at radius 1 is 1.25 bits per heavy atom. The van der Waals surface area contributed by atoms with Crippen LogP contribution in [0.4, 0.5) is 0 Å². The molecule has 2 aliphatic rings. The molecule has 1 saturated heterocycles. The van der Waals surface area contributed by atoms with Gasteiger partial charge in [0.25, 0.3) is 0 Å². The van der Waals surface area contributed by atoms with Gasteiger partial charge in [0, 0.05) is 12.0 Å². The molecule has 2 fully saturated rings. The lowest BCUT2D eigenvalue weighted by Gasteiger charge is -2.25. The number of hydrogen-bond acceptors (Lipinski definition) is 4. The van der Waals surface area contributed by atoms with Crippen LogP contribution in [0.3, 0.4) is 0 Å². The lowest BCUT2D eigenvalue weighted by atomic mass is 9.96. The predicted molar refractivity (Wildman–Crippen MR) is 83.9 cm³/mol. The van der Waals surface area contributed by atoms with Crippen LogP contribution in [-0.2, 0) is 5.41 Å². The zero-order valence-electron chi connectivity index (χ0n) is 12.1. The molecule has 1 aromatic carbocycles. The van der Waals surface area contributed by atoms with E-state index < -0.39 is 0 Å². The Morgan fingerprint density at radius 2 is 2.00 bits per heavy atom. The number of methoxy groups -OCH3 is 1. The summed E-state index contributed by atoms with van der Waals surface area (Å²) in [6.07, 6.45) is 4.96. The summed E-state index contributed by atoms with van der Waals surface area (Å²) in [5, 5.41) is 0. The lowest BCUT2D eigenvalue weighted by molar-refractivity contribution is 0.184. The summed E-state index contributed by atoms with van der Waals surface area (Å²) in [7, 11) is 1.70. The van der Waals surface area contributed by atoms with E-state index in [-0.39, 0.29) is 5.41 Å².